The van der Waals surface area contributed by atoms with Crippen LogP contribution >= 0.6 is 0 Å². The Bertz CT molecular complexity index is 763. The van der Waals surface area contributed by atoms with Crippen LogP contribution in [-0.2, 0) is 12.8 Å². The summed E-state index contributed by atoms with van der Waals surface area (Å²) in [5.74, 6) is 3.24. The maximum atomic E-state index is 6.15. The number of nitrogens with zero attached hydrogens (tertiary/aromatic N) is 2. The summed E-state index contributed by atoms with van der Waals surface area (Å²) in [6.07, 6.45) is 24.6. The highest BCUT2D eigenvalue weighted by Crippen LogP contribution is 2.34. The van der Waals surface area contributed by atoms with Gasteiger partial charge >= 0.3 is 0 Å². The molecule has 0 saturated heterocycles. The summed E-state index contributed by atoms with van der Waals surface area (Å²) in [5.41, 5.74) is 2.73. The molecule has 1 fully saturated rings. The third kappa shape index (κ3) is 9.76. The van der Waals surface area contributed by atoms with Crippen LogP contribution in [-0.4, -0.2) is 16.6 Å². The molecule has 0 radical (unpaired) electrons. The lowest BCUT2D eigenvalue weighted by atomic mass is 9.82. The summed E-state index contributed by atoms with van der Waals surface area (Å²) in [4.78, 5) is 9.42. The van der Waals surface area contributed by atoms with E-state index in [0.717, 1.165) is 24.6 Å². The fourth-order valence-electron chi connectivity index (χ4n) is 5.12. The second kappa shape index (κ2) is 15.9. The van der Waals surface area contributed by atoms with Crippen molar-refractivity contribution < 1.29 is 4.74 Å². The molecule has 1 aromatic carbocycles. The van der Waals surface area contributed by atoms with Crippen LogP contribution in [0, 0.1) is 5.92 Å². The van der Waals surface area contributed by atoms with Gasteiger partial charge in [-0.15, -0.1) is 0 Å². The molecular formula is C31H48N2O. The summed E-state index contributed by atoms with van der Waals surface area (Å²) in [7, 11) is 0. The van der Waals surface area contributed by atoms with Crippen molar-refractivity contribution in [2.45, 2.75) is 122 Å². The van der Waals surface area contributed by atoms with Gasteiger partial charge in [0.25, 0.3) is 0 Å². The van der Waals surface area contributed by atoms with Gasteiger partial charge < -0.3 is 4.74 Å². The number of hydrogen-bond donors (Lipinski definition) is 0. The van der Waals surface area contributed by atoms with Crippen LogP contribution in [0.2, 0.25) is 0 Å². The van der Waals surface area contributed by atoms with Gasteiger partial charge in [-0.3, -0.25) is 0 Å². The molecule has 2 aromatic rings. The van der Waals surface area contributed by atoms with Crippen molar-refractivity contribution in [1.82, 2.24) is 9.97 Å². The maximum absolute atomic E-state index is 6.15. The minimum absolute atomic E-state index is 0.520. The van der Waals surface area contributed by atoms with Crippen LogP contribution in [0.5, 0.6) is 5.75 Å². The van der Waals surface area contributed by atoms with Crippen LogP contribution in [0.3, 0.4) is 0 Å². The smallest absolute Gasteiger partial charge is 0.131 e. The van der Waals surface area contributed by atoms with E-state index < -0.39 is 0 Å². The van der Waals surface area contributed by atoms with E-state index in [0.29, 0.717) is 11.8 Å². The molecule has 1 aromatic heterocycles. The predicted octanol–water partition coefficient (Wildman–Crippen LogP) is 8.86. The fourth-order valence-corrected chi connectivity index (χ4v) is 5.12. The maximum Gasteiger partial charge on any atom is 0.131 e. The number of hydrogen-bond acceptors (Lipinski definition) is 3. The van der Waals surface area contributed by atoms with Crippen LogP contribution in [0.15, 0.2) is 36.7 Å². The van der Waals surface area contributed by atoms with E-state index in [9.17, 15) is 0 Å². The van der Waals surface area contributed by atoms with Gasteiger partial charge in [-0.2, -0.15) is 0 Å². The Kier molecular flexibility index (Phi) is 12.5. The number of aryl methyl sites for hydroxylation is 2. The van der Waals surface area contributed by atoms with Crippen molar-refractivity contribution in [1.29, 1.82) is 0 Å². The molecule has 0 N–H and O–H groups in total. The van der Waals surface area contributed by atoms with Crippen LogP contribution in [0.4, 0.5) is 0 Å². The second-order valence-electron chi connectivity index (χ2n) is 10.5. The summed E-state index contributed by atoms with van der Waals surface area (Å²) < 4.78 is 6.15. The molecule has 0 atom stereocenters. The number of unbranched alkanes of at least 4 members (excludes halogenated alkanes) is 8. The van der Waals surface area contributed by atoms with Crippen molar-refractivity contribution in [2.75, 3.05) is 6.61 Å². The molecule has 0 unspecified atom stereocenters. The van der Waals surface area contributed by atoms with E-state index in [1.165, 1.54) is 107 Å². The first-order valence-corrected chi connectivity index (χ1v) is 14.3. The highest BCUT2D eigenvalue weighted by molar-refractivity contribution is 5.27. The average Bonchev–Trinajstić information content (AvgIpc) is 2.88. The summed E-state index contributed by atoms with van der Waals surface area (Å²) in [6, 6.07) is 8.84. The minimum Gasteiger partial charge on any atom is -0.493 e. The lowest BCUT2D eigenvalue weighted by molar-refractivity contribution is 0.198. The first-order valence-electron chi connectivity index (χ1n) is 14.3. The van der Waals surface area contributed by atoms with Gasteiger partial charge in [-0.25, -0.2) is 9.97 Å². The first kappa shape index (κ1) is 26.7. The lowest BCUT2D eigenvalue weighted by Gasteiger charge is -2.27. The zero-order valence-corrected chi connectivity index (χ0v) is 21.9. The SMILES string of the molecule is CCCCCCCCCc1ccc(OC[C@H]2CC[C@H](c3ncc(CCCCC)cn3)CC2)cc1. The topological polar surface area (TPSA) is 35.0 Å². The average molecular weight is 465 g/mol. The van der Waals surface area contributed by atoms with Gasteiger partial charge in [0.15, 0.2) is 0 Å². The van der Waals surface area contributed by atoms with Crippen LogP contribution in [0.25, 0.3) is 0 Å². The fraction of sp³-hybridized carbons (Fsp3) is 0.677. The summed E-state index contributed by atoms with van der Waals surface area (Å²) in [6.45, 7) is 5.36. The molecule has 3 nitrogen and oxygen atoms in total. The number of aromatic nitrogens is 2. The zero-order chi connectivity index (χ0) is 23.8. The first-order chi connectivity index (χ1) is 16.8. The summed E-state index contributed by atoms with van der Waals surface area (Å²) >= 11 is 0. The van der Waals surface area contributed by atoms with Gasteiger partial charge in [0.2, 0.25) is 0 Å². The molecule has 0 amide bonds. The van der Waals surface area contributed by atoms with Crippen molar-refractivity contribution in [3.63, 3.8) is 0 Å². The van der Waals surface area contributed by atoms with E-state index in [4.69, 9.17) is 14.7 Å². The Morgan fingerprint density at radius 2 is 1.24 bits per heavy atom. The normalized spacial score (nSPS) is 18.2. The Labute approximate surface area is 209 Å². The molecule has 1 heterocycles. The number of rotatable bonds is 16. The Morgan fingerprint density at radius 1 is 0.676 bits per heavy atom. The van der Waals surface area contributed by atoms with Gasteiger partial charge in [-0.1, -0.05) is 77.3 Å². The largest absolute Gasteiger partial charge is 0.493 e. The lowest BCUT2D eigenvalue weighted by Crippen LogP contribution is -2.20. The van der Waals surface area contributed by atoms with Crippen molar-refractivity contribution >= 4 is 0 Å². The molecule has 1 aliphatic rings. The Balaban J connectivity index is 1.30. The Morgan fingerprint density at radius 3 is 1.91 bits per heavy atom. The van der Waals surface area contributed by atoms with E-state index in [2.05, 4.69) is 50.5 Å². The molecule has 34 heavy (non-hydrogen) atoms. The highest BCUT2D eigenvalue weighted by Gasteiger charge is 2.24. The third-order valence-corrected chi connectivity index (χ3v) is 7.48. The molecule has 1 saturated carbocycles. The van der Waals surface area contributed by atoms with E-state index in [1.54, 1.807) is 0 Å². The third-order valence-electron chi connectivity index (χ3n) is 7.48. The highest BCUT2D eigenvalue weighted by atomic mass is 16.5. The number of benzene rings is 1. The number of ether oxygens (including phenoxy) is 1. The van der Waals surface area contributed by atoms with Gasteiger partial charge in [-0.05, 0) is 80.5 Å². The van der Waals surface area contributed by atoms with E-state index >= 15 is 0 Å². The molecule has 0 aliphatic heterocycles. The van der Waals surface area contributed by atoms with Crippen molar-refractivity contribution in [3.05, 3.63) is 53.6 Å². The molecule has 3 heteroatoms. The van der Waals surface area contributed by atoms with Crippen LogP contribution in [0.1, 0.15) is 127 Å². The van der Waals surface area contributed by atoms with Crippen molar-refractivity contribution in [3.8, 4) is 5.75 Å². The van der Waals surface area contributed by atoms with Gasteiger partial charge in [0.05, 0.1) is 6.61 Å². The van der Waals surface area contributed by atoms with Gasteiger partial charge in [0, 0.05) is 18.3 Å². The molecular weight excluding hydrogens is 416 g/mol. The van der Waals surface area contributed by atoms with E-state index in [-0.39, 0.29) is 0 Å². The monoisotopic (exact) mass is 464 g/mol. The predicted molar refractivity (Wildman–Crippen MR) is 144 cm³/mol. The summed E-state index contributed by atoms with van der Waals surface area (Å²) in [5, 5.41) is 0. The quantitative estimate of drug-likeness (QED) is 0.233. The van der Waals surface area contributed by atoms with Crippen LogP contribution < -0.4 is 4.74 Å². The van der Waals surface area contributed by atoms with Gasteiger partial charge in [0.1, 0.15) is 11.6 Å². The molecule has 3 rings (SSSR count). The van der Waals surface area contributed by atoms with Crippen molar-refractivity contribution in [2.24, 2.45) is 5.92 Å². The zero-order valence-electron chi connectivity index (χ0n) is 21.9. The molecule has 0 spiro atoms. The second-order valence-corrected chi connectivity index (χ2v) is 10.5. The van der Waals surface area contributed by atoms with E-state index in [1.807, 2.05) is 0 Å². The standard InChI is InChI=1S/C31H48N2O/c1-3-5-7-8-9-10-12-13-26-17-21-30(22-18-26)34-25-27-15-19-29(20-16-27)31-32-23-28(24-33-31)14-11-6-4-2/h17-18,21-24,27,29H,3-16,19-20,25H2,1-2H3/t27-,29-. The minimum atomic E-state index is 0.520. The molecule has 1 aliphatic carbocycles. The molecule has 188 valence electrons. The molecule has 0 bridgehead atoms. The Hall–Kier alpha value is -1.90.